The van der Waals surface area contributed by atoms with Crippen LogP contribution < -0.4 is 21.1 Å². The van der Waals surface area contributed by atoms with E-state index in [0.29, 0.717) is 42.6 Å². The zero-order chi connectivity index (χ0) is 22.2. The number of allylic oxidation sites excluding steroid dienone is 2. The van der Waals surface area contributed by atoms with Crippen molar-refractivity contribution in [1.82, 2.24) is 5.43 Å². The van der Waals surface area contributed by atoms with E-state index >= 15 is 0 Å². The second kappa shape index (κ2) is 7.96. The van der Waals surface area contributed by atoms with Crippen molar-refractivity contribution in [2.24, 2.45) is 11.8 Å². The maximum absolute atomic E-state index is 13.0. The van der Waals surface area contributed by atoms with Gasteiger partial charge in [-0.05, 0) is 61.2 Å². The number of nitrogens with zero attached hydrogens (tertiary/aromatic N) is 1. The molecule has 2 heterocycles. The molecule has 0 radical (unpaired) electrons. The van der Waals surface area contributed by atoms with Crippen LogP contribution in [-0.2, 0) is 20.8 Å². The van der Waals surface area contributed by atoms with Crippen LogP contribution in [0.1, 0.15) is 35.2 Å². The minimum atomic E-state index is -0.387. The third-order valence-electron chi connectivity index (χ3n) is 6.15. The van der Waals surface area contributed by atoms with Gasteiger partial charge in [0.1, 0.15) is 0 Å². The van der Waals surface area contributed by atoms with Crippen molar-refractivity contribution in [3.8, 4) is 0 Å². The predicted molar refractivity (Wildman–Crippen MR) is 119 cm³/mol. The number of amides is 4. The van der Waals surface area contributed by atoms with Crippen molar-refractivity contribution in [2.45, 2.75) is 25.7 Å². The molecule has 2 aromatic carbocycles. The molecule has 2 aliphatic heterocycles. The summed E-state index contributed by atoms with van der Waals surface area (Å²) in [7, 11) is 0. The first-order valence-electron chi connectivity index (χ1n) is 10.6. The summed E-state index contributed by atoms with van der Waals surface area (Å²) in [4.78, 5) is 49.9. The summed E-state index contributed by atoms with van der Waals surface area (Å²) in [5.41, 5.74) is 5.83. The van der Waals surface area contributed by atoms with Gasteiger partial charge in [0, 0.05) is 23.4 Å². The van der Waals surface area contributed by atoms with Crippen LogP contribution in [0.25, 0.3) is 0 Å². The van der Waals surface area contributed by atoms with Gasteiger partial charge < -0.3 is 10.6 Å². The van der Waals surface area contributed by atoms with Crippen molar-refractivity contribution < 1.29 is 19.2 Å². The molecule has 8 heteroatoms. The summed E-state index contributed by atoms with van der Waals surface area (Å²) in [5, 5.41) is 6.93. The van der Waals surface area contributed by atoms with E-state index in [1.165, 1.54) is 5.01 Å². The molecule has 3 aliphatic rings. The molecule has 4 amide bonds. The fourth-order valence-corrected chi connectivity index (χ4v) is 4.43. The molecule has 32 heavy (non-hydrogen) atoms. The standard InChI is InChI=1S/C24H22N4O4/c29-21-11-8-14-12-16(9-10-20(14)26-21)25-22(30)15-4-3-5-17(13-15)28-24(32)19-7-2-1-6-18(19)23(31)27-28/h1-5,9-10,12-13,18-19H,6-8,11H2,(H,25,30)(H,26,29)(H,27,31). The third-order valence-corrected chi connectivity index (χ3v) is 6.15. The molecule has 0 bridgehead atoms. The number of anilines is 3. The SMILES string of the molecule is O=C1CCc2cc(NC(=O)c3cccc(N4NC(=O)C5CC=CCC5C4=O)c3)ccc2N1. The summed E-state index contributed by atoms with van der Waals surface area (Å²) in [6.45, 7) is 0. The second-order valence-corrected chi connectivity index (χ2v) is 8.23. The lowest BCUT2D eigenvalue weighted by Crippen LogP contribution is -2.59. The molecular weight excluding hydrogens is 408 g/mol. The maximum Gasteiger partial charge on any atom is 0.255 e. The van der Waals surface area contributed by atoms with Gasteiger partial charge in [0.2, 0.25) is 17.7 Å². The number of fused-ring (bicyclic) bond motifs is 2. The van der Waals surface area contributed by atoms with E-state index in [4.69, 9.17) is 0 Å². The Morgan fingerprint density at radius 1 is 0.969 bits per heavy atom. The summed E-state index contributed by atoms with van der Waals surface area (Å²) >= 11 is 0. The highest BCUT2D eigenvalue weighted by Gasteiger charge is 2.42. The normalized spacial score (nSPS) is 21.9. The topological polar surface area (TPSA) is 108 Å². The van der Waals surface area contributed by atoms with Crippen molar-refractivity contribution in [1.29, 1.82) is 0 Å². The Morgan fingerprint density at radius 3 is 2.62 bits per heavy atom. The van der Waals surface area contributed by atoms with E-state index in [9.17, 15) is 19.2 Å². The highest BCUT2D eigenvalue weighted by Crippen LogP contribution is 2.32. The molecule has 5 rings (SSSR count). The Kier molecular flexibility index (Phi) is 4.97. The van der Waals surface area contributed by atoms with Crippen LogP contribution in [0.3, 0.4) is 0 Å². The van der Waals surface area contributed by atoms with Crippen molar-refractivity contribution in [2.75, 3.05) is 15.6 Å². The van der Waals surface area contributed by atoms with Gasteiger partial charge >= 0.3 is 0 Å². The number of hydrogen-bond acceptors (Lipinski definition) is 4. The van der Waals surface area contributed by atoms with E-state index in [1.54, 1.807) is 36.4 Å². The van der Waals surface area contributed by atoms with Crippen LogP contribution in [0.4, 0.5) is 17.1 Å². The molecule has 0 aromatic heterocycles. The first-order chi connectivity index (χ1) is 15.5. The van der Waals surface area contributed by atoms with E-state index in [2.05, 4.69) is 16.1 Å². The van der Waals surface area contributed by atoms with Gasteiger partial charge in [0.05, 0.1) is 17.5 Å². The van der Waals surface area contributed by atoms with Gasteiger partial charge in [0.15, 0.2) is 0 Å². The summed E-state index contributed by atoms with van der Waals surface area (Å²) < 4.78 is 0. The van der Waals surface area contributed by atoms with Gasteiger partial charge in [-0.2, -0.15) is 0 Å². The van der Waals surface area contributed by atoms with Gasteiger partial charge in [-0.15, -0.1) is 0 Å². The molecule has 2 aromatic rings. The van der Waals surface area contributed by atoms with Crippen molar-refractivity contribution >= 4 is 40.7 Å². The Labute approximate surface area is 184 Å². The van der Waals surface area contributed by atoms with Crippen LogP contribution in [-0.4, -0.2) is 23.6 Å². The molecule has 3 N–H and O–H groups in total. The van der Waals surface area contributed by atoms with Gasteiger partial charge in [-0.1, -0.05) is 18.2 Å². The number of carbonyl (C=O) groups excluding carboxylic acids is 4. The number of hydrogen-bond donors (Lipinski definition) is 3. The van der Waals surface area contributed by atoms with Crippen LogP contribution in [0.15, 0.2) is 54.6 Å². The average molecular weight is 430 g/mol. The molecule has 2 unspecified atom stereocenters. The average Bonchev–Trinajstić information content (AvgIpc) is 2.81. The quantitative estimate of drug-likeness (QED) is 0.651. The van der Waals surface area contributed by atoms with Crippen molar-refractivity contribution in [3.63, 3.8) is 0 Å². The highest BCUT2D eigenvalue weighted by molar-refractivity contribution is 6.07. The Morgan fingerprint density at radius 2 is 1.78 bits per heavy atom. The van der Waals surface area contributed by atoms with E-state index in [1.807, 2.05) is 18.2 Å². The van der Waals surface area contributed by atoms with E-state index < -0.39 is 0 Å². The largest absolute Gasteiger partial charge is 0.326 e. The minimum Gasteiger partial charge on any atom is -0.326 e. The summed E-state index contributed by atoms with van der Waals surface area (Å²) in [6, 6.07) is 12.0. The Hall–Kier alpha value is -3.94. The Balaban J connectivity index is 1.34. The number of carbonyl (C=O) groups is 4. The van der Waals surface area contributed by atoms with E-state index in [-0.39, 0.29) is 35.5 Å². The molecular formula is C24H22N4O4. The zero-order valence-corrected chi connectivity index (χ0v) is 17.3. The summed E-state index contributed by atoms with van der Waals surface area (Å²) in [5.74, 6) is -1.43. The number of rotatable bonds is 3. The molecule has 1 aliphatic carbocycles. The third kappa shape index (κ3) is 3.64. The monoisotopic (exact) mass is 430 g/mol. The molecule has 1 saturated heterocycles. The molecule has 162 valence electrons. The summed E-state index contributed by atoms with van der Waals surface area (Å²) in [6.07, 6.45) is 6.00. The van der Waals surface area contributed by atoms with Crippen LogP contribution >= 0.6 is 0 Å². The van der Waals surface area contributed by atoms with Gasteiger partial charge in [-0.25, -0.2) is 5.01 Å². The molecule has 0 spiro atoms. The van der Waals surface area contributed by atoms with Crippen LogP contribution in [0.2, 0.25) is 0 Å². The second-order valence-electron chi connectivity index (χ2n) is 8.23. The fourth-order valence-electron chi connectivity index (χ4n) is 4.43. The molecule has 0 saturated carbocycles. The lowest BCUT2D eigenvalue weighted by Gasteiger charge is -2.38. The fraction of sp³-hybridized carbons (Fsp3) is 0.250. The number of aryl methyl sites for hydroxylation is 1. The smallest absolute Gasteiger partial charge is 0.255 e. The van der Waals surface area contributed by atoms with Gasteiger partial charge in [0.25, 0.3) is 5.91 Å². The van der Waals surface area contributed by atoms with Crippen molar-refractivity contribution in [3.05, 3.63) is 65.7 Å². The number of benzene rings is 2. The number of hydrazine groups is 1. The Bertz CT molecular complexity index is 1170. The number of nitrogens with one attached hydrogen (secondary N) is 3. The first kappa shape index (κ1) is 20.0. The molecule has 1 fully saturated rings. The van der Waals surface area contributed by atoms with E-state index in [0.717, 1.165) is 11.3 Å². The lowest BCUT2D eigenvalue weighted by atomic mass is 9.80. The minimum absolute atomic E-state index is 0.0129. The van der Waals surface area contributed by atoms with Gasteiger partial charge in [-0.3, -0.25) is 24.6 Å². The van der Waals surface area contributed by atoms with Crippen LogP contribution in [0.5, 0.6) is 0 Å². The molecule has 8 nitrogen and oxygen atoms in total. The lowest BCUT2D eigenvalue weighted by molar-refractivity contribution is -0.139. The van der Waals surface area contributed by atoms with Crippen LogP contribution in [0, 0.1) is 11.8 Å². The zero-order valence-electron chi connectivity index (χ0n) is 17.3. The predicted octanol–water partition coefficient (Wildman–Crippen LogP) is 2.78. The first-order valence-corrected chi connectivity index (χ1v) is 10.6. The maximum atomic E-state index is 13.0. The molecule has 2 atom stereocenters. The highest BCUT2D eigenvalue weighted by atomic mass is 16.2.